The van der Waals surface area contributed by atoms with Crippen LogP contribution in [0.4, 0.5) is 24.7 Å². The Morgan fingerprint density at radius 3 is 2.38 bits per heavy atom. The first-order chi connectivity index (χ1) is 18.3. The Morgan fingerprint density at radius 1 is 1.15 bits per heavy atom. The van der Waals surface area contributed by atoms with E-state index in [9.17, 15) is 32.9 Å². The molecule has 3 N–H and O–H groups in total. The van der Waals surface area contributed by atoms with Gasteiger partial charge in [0.15, 0.2) is 0 Å². The molecule has 0 aliphatic carbocycles. The van der Waals surface area contributed by atoms with E-state index in [1.54, 1.807) is 44.2 Å². The van der Waals surface area contributed by atoms with Crippen LogP contribution in [0, 0.1) is 10.1 Å². The summed E-state index contributed by atoms with van der Waals surface area (Å²) >= 11 is 0. The van der Waals surface area contributed by atoms with Crippen LogP contribution in [0.15, 0.2) is 61.7 Å². The first kappa shape index (κ1) is 31.0. The molecule has 2 amide bonds. The number of nitrogens with one attached hydrogen (secondary N) is 3. The number of pyridine rings is 1. The summed E-state index contributed by atoms with van der Waals surface area (Å²) in [5, 5.41) is 14.2. The molecule has 210 valence electrons. The third-order valence-corrected chi connectivity index (χ3v) is 5.42. The summed E-state index contributed by atoms with van der Waals surface area (Å²) in [7, 11) is 0. The highest BCUT2D eigenvalue weighted by Gasteiger charge is 2.40. The van der Waals surface area contributed by atoms with Gasteiger partial charge in [0, 0.05) is 18.0 Å². The smallest absolute Gasteiger partial charge is 0.365 e. The molecule has 0 saturated carbocycles. The standard InChI is InChI=1S/C26H30F3N5O5/c1-5-7-14-25(3,4)31-22-18(26(27,28)29)15-19(34(37)38)21(30-22)24(36)33-32-23(35)20(11-6-2)39-16-17-12-9-8-10-13-17/h5-6,8-10,12-13,15,20H,1-2,7,11,14,16H2,3-4H3,(H,30,31)(H,32,35)(H,33,36). The highest BCUT2D eigenvalue weighted by molar-refractivity contribution is 5.98. The number of aromatic nitrogens is 1. The molecule has 1 unspecified atom stereocenters. The van der Waals surface area contributed by atoms with Crippen LogP contribution >= 0.6 is 0 Å². The number of alkyl halides is 3. The van der Waals surface area contributed by atoms with E-state index in [4.69, 9.17) is 4.74 Å². The summed E-state index contributed by atoms with van der Waals surface area (Å²) in [5.74, 6) is -2.87. The second-order valence-corrected chi connectivity index (χ2v) is 9.10. The molecule has 1 aromatic heterocycles. The number of nitro groups is 1. The molecule has 0 aliphatic rings. The highest BCUT2D eigenvalue weighted by atomic mass is 19.4. The fourth-order valence-electron chi connectivity index (χ4n) is 3.40. The number of allylic oxidation sites excluding steroid dienone is 1. The van der Waals surface area contributed by atoms with Crippen LogP contribution in [0.3, 0.4) is 0 Å². The molecular formula is C26H30F3N5O5. The van der Waals surface area contributed by atoms with Crippen LogP contribution in [0.1, 0.15) is 54.7 Å². The first-order valence-corrected chi connectivity index (χ1v) is 11.8. The van der Waals surface area contributed by atoms with Crippen molar-refractivity contribution < 1.29 is 32.4 Å². The number of carbonyl (C=O) groups excluding carboxylic acids is 2. The number of anilines is 1. The fraction of sp³-hybridized carbons (Fsp3) is 0.346. The van der Waals surface area contributed by atoms with Crippen molar-refractivity contribution in [3.05, 3.63) is 88.6 Å². The van der Waals surface area contributed by atoms with Crippen molar-refractivity contribution in [1.29, 1.82) is 0 Å². The molecule has 13 heteroatoms. The van der Waals surface area contributed by atoms with Crippen molar-refractivity contribution in [2.45, 2.75) is 57.5 Å². The number of rotatable bonds is 13. The van der Waals surface area contributed by atoms with E-state index in [1.807, 2.05) is 11.5 Å². The van der Waals surface area contributed by atoms with Crippen LogP contribution in [-0.2, 0) is 22.3 Å². The van der Waals surface area contributed by atoms with Crippen LogP contribution < -0.4 is 16.2 Å². The Balaban J connectivity index is 2.30. The second kappa shape index (κ2) is 13.5. The summed E-state index contributed by atoms with van der Waals surface area (Å²) in [4.78, 5) is 39.5. The molecule has 2 rings (SSSR count). The van der Waals surface area contributed by atoms with Gasteiger partial charge in [-0.05, 0) is 32.3 Å². The molecule has 1 heterocycles. The first-order valence-electron chi connectivity index (χ1n) is 11.8. The topological polar surface area (TPSA) is 135 Å². The van der Waals surface area contributed by atoms with Gasteiger partial charge >= 0.3 is 11.9 Å². The highest BCUT2D eigenvalue weighted by Crippen LogP contribution is 2.38. The summed E-state index contributed by atoms with van der Waals surface area (Å²) in [6.45, 7) is 10.4. The number of hydrogen-bond acceptors (Lipinski definition) is 7. The van der Waals surface area contributed by atoms with Gasteiger partial charge in [-0.3, -0.25) is 30.6 Å². The lowest BCUT2D eigenvalue weighted by atomic mass is 9.98. The van der Waals surface area contributed by atoms with Gasteiger partial charge in [-0.25, -0.2) is 4.98 Å². The minimum atomic E-state index is -5.01. The maximum absolute atomic E-state index is 13.8. The molecule has 0 aliphatic heterocycles. The molecule has 0 spiro atoms. The minimum absolute atomic E-state index is 0.0705. The van der Waals surface area contributed by atoms with Gasteiger partial charge in [-0.1, -0.05) is 42.5 Å². The van der Waals surface area contributed by atoms with Crippen molar-refractivity contribution in [3.8, 4) is 0 Å². The minimum Gasteiger partial charge on any atom is -0.365 e. The predicted octanol–water partition coefficient (Wildman–Crippen LogP) is 5.09. The molecular weight excluding hydrogens is 519 g/mol. The van der Waals surface area contributed by atoms with E-state index in [2.05, 4.69) is 28.9 Å². The number of hydrogen-bond donors (Lipinski definition) is 3. The van der Waals surface area contributed by atoms with Crippen LogP contribution in [0.2, 0.25) is 0 Å². The number of benzene rings is 1. The zero-order chi connectivity index (χ0) is 29.2. The number of nitrogens with zero attached hydrogens (tertiary/aromatic N) is 2. The Kier molecular flexibility index (Phi) is 10.7. The quantitative estimate of drug-likeness (QED) is 0.180. The molecule has 1 atom stereocenters. The average molecular weight is 550 g/mol. The van der Waals surface area contributed by atoms with E-state index in [0.29, 0.717) is 12.8 Å². The second-order valence-electron chi connectivity index (χ2n) is 9.10. The van der Waals surface area contributed by atoms with Gasteiger partial charge in [-0.2, -0.15) is 13.2 Å². The lowest BCUT2D eigenvalue weighted by Gasteiger charge is -2.28. The van der Waals surface area contributed by atoms with Gasteiger partial charge in [-0.15, -0.1) is 13.2 Å². The van der Waals surface area contributed by atoms with Gasteiger partial charge < -0.3 is 10.1 Å². The van der Waals surface area contributed by atoms with Crippen molar-refractivity contribution in [2.75, 3.05) is 5.32 Å². The van der Waals surface area contributed by atoms with Gasteiger partial charge in [0.1, 0.15) is 17.5 Å². The van der Waals surface area contributed by atoms with E-state index < -0.39 is 57.3 Å². The summed E-state index contributed by atoms with van der Waals surface area (Å²) in [5.41, 5.74) is 0.364. The maximum Gasteiger partial charge on any atom is 0.420 e. The van der Waals surface area contributed by atoms with Crippen LogP contribution in [0.25, 0.3) is 0 Å². The van der Waals surface area contributed by atoms with Crippen molar-refractivity contribution in [2.24, 2.45) is 0 Å². The third kappa shape index (κ3) is 9.21. The van der Waals surface area contributed by atoms with Crippen molar-refractivity contribution in [1.82, 2.24) is 15.8 Å². The van der Waals surface area contributed by atoms with E-state index >= 15 is 0 Å². The Morgan fingerprint density at radius 2 is 1.82 bits per heavy atom. The molecule has 2 aromatic rings. The molecule has 0 fully saturated rings. The fourth-order valence-corrected chi connectivity index (χ4v) is 3.40. The van der Waals surface area contributed by atoms with Crippen LogP contribution in [-0.4, -0.2) is 33.4 Å². The molecule has 0 bridgehead atoms. The Labute approximate surface area is 223 Å². The van der Waals surface area contributed by atoms with Gasteiger partial charge in [0.05, 0.1) is 11.5 Å². The number of ether oxygens (including phenoxy) is 1. The third-order valence-electron chi connectivity index (χ3n) is 5.42. The molecule has 1 aromatic carbocycles. The van der Waals surface area contributed by atoms with Gasteiger partial charge in [0.2, 0.25) is 5.69 Å². The summed E-state index contributed by atoms with van der Waals surface area (Å²) in [6, 6.07) is 9.18. The molecule has 0 radical (unpaired) electrons. The normalized spacial score (nSPS) is 12.2. The molecule has 10 nitrogen and oxygen atoms in total. The lowest BCUT2D eigenvalue weighted by Crippen LogP contribution is -2.47. The van der Waals surface area contributed by atoms with E-state index in [-0.39, 0.29) is 19.1 Å². The SMILES string of the molecule is C=CCCC(C)(C)Nc1nc(C(=O)NNC(=O)C(CC=C)OCc2ccccc2)c([N+](=O)[O-])cc1C(F)(F)F. The average Bonchev–Trinajstić information content (AvgIpc) is 2.87. The predicted molar refractivity (Wildman–Crippen MR) is 138 cm³/mol. The van der Waals surface area contributed by atoms with Gasteiger partial charge in [0.25, 0.3) is 11.8 Å². The maximum atomic E-state index is 13.8. The van der Waals surface area contributed by atoms with Crippen molar-refractivity contribution >= 4 is 23.3 Å². The van der Waals surface area contributed by atoms with Crippen molar-refractivity contribution in [3.63, 3.8) is 0 Å². The number of hydrazine groups is 1. The monoisotopic (exact) mass is 549 g/mol. The number of halogens is 3. The van der Waals surface area contributed by atoms with Crippen LogP contribution in [0.5, 0.6) is 0 Å². The van der Waals surface area contributed by atoms with E-state index in [0.717, 1.165) is 5.56 Å². The molecule has 0 saturated heterocycles. The Hall–Kier alpha value is -4.26. The summed E-state index contributed by atoms with van der Waals surface area (Å²) < 4.78 is 46.9. The largest absolute Gasteiger partial charge is 0.420 e. The zero-order valence-corrected chi connectivity index (χ0v) is 21.5. The number of carbonyl (C=O) groups is 2. The lowest BCUT2D eigenvalue weighted by molar-refractivity contribution is -0.385. The number of amides is 2. The Bertz CT molecular complexity index is 1200. The summed E-state index contributed by atoms with van der Waals surface area (Å²) in [6.07, 6.45) is -2.19. The zero-order valence-electron chi connectivity index (χ0n) is 21.5. The van der Waals surface area contributed by atoms with E-state index in [1.165, 1.54) is 6.08 Å². The molecule has 39 heavy (non-hydrogen) atoms.